The minimum absolute atomic E-state index is 0.292. The van der Waals surface area contributed by atoms with E-state index in [0.29, 0.717) is 24.0 Å². The van der Waals surface area contributed by atoms with Crippen molar-refractivity contribution < 1.29 is 8.78 Å². The summed E-state index contributed by atoms with van der Waals surface area (Å²) in [5, 5.41) is 10.9. The van der Waals surface area contributed by atoms with E-state index in [9.17, 15) is 4.39 Å². The number of hydrogen-bond acceptors (Lipinski definition) is 1. The van der Waals surface area contributed by atoms with Gasteiger partial charge >= 0.3 is 0 Å². The number of rotatable bonds is 5. The Labute approximate surface area is 171 Å². The van der Waals surface area contributed by atoms with Gasteiger partial charge in [-0.1, -0.05) is 62.6 Å². The van der Waals surface area contributed by atoms with E-state index in [-0.39, 0.29) is 0 Å². The molecule has 0 bridgehead atoms. The van der Waals surface area contributed by atoms with Crippen LogP contribution >= 0.6 is 0 Å². The molecule has 0 fully saturated rings. The molecular weight excluding hydrogens is 364 g/mol. The van der Waals surface area contributed by atoms with E-state index < -0.39 is 18.3 Å². The molecule has 0 heterocycles. The molecule has 0 spiro atoms. The number of hydrogen-bond donors (Lipinski definition) is 0. The van der Waals surface area contributed by atoms with Crippen LogP contribution in [0.4, 0.5) is 8.78 Å². The molecule has 29 heavy (non-hydrogen) atoms. The monoisotopic (exact) mass is 389 g/mol. The first-order valence-electron chi connectivity index (χ1n) is 10.5. The van der Waals surface area contributed by atoms with Gasteiger partial charge in [0.25, 0.3) is 0 Å². The maximum absolute atomic E-state index is 15.2. The van der Waals surface area contributed by atoms with Crippen molar-refractivity contribution in [3.05, 3.63) is 71.3 Å². The van der Waals surface area contributed by atoms with Gasteiger partial charge in [-0.25, -0.2) is 8.78 Å². The van der Waals surface area contributed by atoms with Crippen LogP contribution in [0.5, 0.6) is 0 Å². The van der Waals surface area contributed by atoms with Crippen LogP contribution in [0, 0.1) is 17.2 Å². The van der Waals surface area contributed by atoms with Crippen LogP contribution in [0.2, 0.25) is 0 Å². The van der Waals surface area contributed by atoms with Gasteiger partial charge in [0.15, 0.2) is 0 Å². The van der Waals surface area contributed by atoms with E-state index in [2.05, 4.69) is 19.1 Å². The Morgan fingerprint density at radius 1 is 0.966 bits per heavy atom. The quantitative estimate of drug-likeness (QED) is 0.415. The topological polar surface area (TPSA) is 23.8 Å². The zero-order valence-electron chi connectivity index (χ0n) is 16.7. The third-order valence-corrected chi connectivity index (χ3v) is 6.19. The number of nitriles is 1. The summed E-state index contributed by atoms with van der Waals surface area (Å²) < 4.78 is 30.1. The summed E-state index contributed by atoms with van der Waals surface area (Å²) in [6, 6.07) is 19.4. The highest BCUT2D eigenvalue weighted by Gasteiger charge is 2.37. The van der Waals surface area contributed by atoms with E-state index in [1.807, 2.05) is 36.4 Å². The van der Waals surface area contributed by atoms with Crippen LogP contribution < -0.4 is 0 Å². The first-order valence-corrected chi connectivity index (χ1v) is 10.5. The standard InChI is InChI=1S/C26H25F2N/c1-2-3-4-5-23-25(27)15-24-21-12-10-19(18-8-6-17(16-29)7-9-18)14-20(21)11-13-22(24)26(23)28/h6-14,23,25-26H,2-5,15H2,1H3/t23-,25+,26?/m1/s1. The van der Waals surface area contributed by atoms with Gasteiger partial charge in [-0.2, -0.15) is 5.26 Å². The fourth-order valence-electron chi connectivity index (χ4n) is 4.53. The smallest absolute Gasteiger partial charge is 0.131 e. The summed E-state index contributed by atoms with van der Waals surface area (Å²) in [4.78, 5) is 0. The molecule has 0 amide bonds. The predicted molar refractivity (Wildman–Crippen MR) is 114 cm³/mol. The maximum atomic E-state index is 15.2. The summed E-state index contributed by atoms with van der Waals surface area (Å²) in [6.45, 7) is 2.11. The summed E-state index contributed by atoms with van der Waals surface area (Å²) in [5.41, 5.74) is 4.16. The largest absolute Gasteiger partial charge is 0.247 e. The molecule has 1 unspecified atom stereocenters. The van der Waals surface area contributed by atoms with Crippen molar-refractivity contribution in [2.45, 2.75) is 51.4 Å². The molecule has 0 saturated carbocycles. The van der Waals surface area contributed by atoms with Gasteiger partial charge in [-0.15, -0.1) is 0 Å². The molecule has 0 radical (unpaired) electrons. The highest BCUT2D eigenvalue weighted by Crippen LogP contribution is 2.44. The molecule has 1 aliphatic carbocycles. The van der Waals surface area contributed by atoms with Crippen LogP contribution in [0.1, 0.15) is 55.5 Å². The van der Waals surface area contributed by atoms with E-state index in [1.165, 1.54) is 0 Å². The molecule has 1 aliphatic rings. The van der Waals surface area contributed by atoms with Crippen molar-refractivity contribution in [1.82, 2.24) is 0 Å². The number of fused-ring (bicyclic) bond motifs is 3. The van der Waals surface area contributed by atoms with E-state index in [1.54, 1.807) is 12.1 Å². The molecule has 0 aromatic heterocycles. The second-order valence-electron chi connectivity index (χ2n) is 8.04. The van der Waals surface area contributed by atoms with Gasteiger partial charge in [0.05, 0.1) is 11.6 Å². The third-order valence-electron chi connectivity index (χ3n) is 6.19. The third kappa shape index (κ3) is 3.77. The second kappa shape index (κ2) is 8.33. The van der Waals surface area contributed by atoms with Gasteiger partial charge < -0.3 is 0 Å². The molecule has 3 heteroatoms. The average Bonchev–Trinajstić information content (AvgIpc) is 2.75. The first kappa shape index (κ1) is 19.6. The molecule has 0 saturated heterocycles. The van der Waals surface area contributed by atoms with Crippen molar-refractivity contribution in [2.75, 3.05) is 0 Å². The van der Waals surface area contributed by atoms with Crippen LogP contribution in [0.25, 0.3) is 21.9 Å². The van der Waals surface area contributed by atoms with Crippen molar-refractivity contribution in [2.24, 2.45) is 5.92 Å². The molecule has 3 aromatic rings. The first-order chi connectivity index (χ1) is 14.1. The number of alkyl halides is 2. The van der Waals surface area contributed by atoms with E-state index in [0.717, 1.165) is 46.7 Å². The predicted octanol–water partition coefficient (Wildman–Crippen LogP) is 7.48. The van der Waals surface area contributed by atoms with Gasteiger partial charge in [0, 0.05) is 12.3 Å². The molecule has 3 atom stereocenters. The van der Waals surface area contributed by atoms with Crippen LogP contribution in [-0.2, 0) is 6.42 Å². The van der Waals surface area contributed by atoms with Crippen LogP contribution in [0.15, 0.2) is 54.6 Å². The van der Waals surface area contributed by atoms with E-state index >= 15 is 4.39 Å². The van der Waals surface area contributed by atoms with Crippen molar-refractivity contribution in [1.29, 1.82) is 5.26 Å². The lowest BCUT2D eigenvalue weighted by molar-refractivity contribution is 0.101. The summed E-state index contributed by atoms with van der Waals surface area (Å²) in [6.07, 6.45) is 1.53. The van der Waals surface area contributed by atoms with Crippen LogP contribution in [-0.4, -0.2) is 6.17 Å². The van der Waals surface area contributed by atoms with Crippen molar-refractivity contribution in [3.63, 3.8) is 0 Å². The lowest BCUT2D eigenvalue weighted by atomic mass is 9.77. The minimum atomic E-state index is -1.23. The molecule has 3 aromatic carbocycles. The van der Waals surface area contributed by atoms with Crippen molar-refractivity contribution >= 4 is 10.8 Å². The van der Waals surface area contributed by atoms with E-state index in [4.69, 9.17) is 5.26 Å². The van der Waals surface area contributed by atoms with Crippen molar-refractivity contribution in [3.8, 4) is 17.2 Å². The number of benzene rings is 3. The fraction of sp³-hybridized carbons (Fsp3) is 0.346. The minimum Gasteiger partial charge on any atom is -0.247 e. The zero-order chi connectivity index (χ0) is 20.4. The Kier molecular flexibility index (Phi) is 5.62. The number of halogens is 2. The lowest BCUT2D eigenvalue weighted by Gasteiger charge is -2.32. The molecule has 0 aliphatic heterocycles. The number of unbranched alkanes of at least 4 members (excludes halogenated alkanes) is 2. The fourth-order valence-corrected chi connectivity index (χ4v) is 4.53. The van der Waals surface area contributed by atoms with Gasteiger partial charge in [-0.3, -0.25) is 0 Å². The summed E-state index contributed by atoms with van der Waals surface area (Å²) in [5.74, 6) is -0.524. The average molecular weight is 389 g/mol. The summed E-state index contributed by atoms with van der Waals surface area (Å²) in [7, 11) is 0. The SMILES string of the molecule is CCCCC[C@H]1C(F)c2ccc3cc(-c4ccc(C#N)cc4)ccc3c2C[C@@H]1F. The maximum Gasteiger partial charge on any atom is 0.131 e. The molecule has 0 N–H and O–H groups in total. The highest BCUT2D eigenvalue weighted by atomic mass is 19.1. The highest BCUT2D eigenvalue weighted by molar-refractivity contribution is 5.91. The molecule has 4 rings (SSSR count). The molecule has 148 valence electrons. The Morgan fingerprint density at radius 2 is 1.72 bits per heavy atom. The Balaban J connectivity index is 1.67. The Bertz CT molecular complexity index is 1050. The summed E-state index contributed by atoms with van der Waals surface area (Å²) >= 11 is 0. The van der Waals surface area contributed by atoms with Gasteiger partial charge in [-0.05, 0) is 57.6 Å². The zero-order valence-corrected chi connectivity index (χ0v) is 16.7. The molecule has 1 nitrogen and oxygen atoms in total. The van der Waals surface area contributed by atoms with Gasteiger partial charge in [0.2, 0.25) is 0 Å². The van der Waals surface area contributed by atoms with Crippen LogP contribution in [0.3, 0.4) is 0 Å². The Morgan fingerprint density at radius 3 is 2.45 bits per heavy atom. The van der Waals surface area contributed by atoms with Gasteiger partial charge in [0.1, 0.15) is 12.3 Å². The second-order valence-corrected chi connectivity index (χ2v) is 8.04. The molecular formula is C26H25F2N. The lowest BCUT2D eigenvalue weighted by Crippen LogP contribution is -2.29. The Hall–Kier alpha value is -2.73. The normalized spacial score (nSPS) is 21.0. The number of nitrogens with zero attached hydrogens (tertiary/aromatic N) is 1.